The van der Waals surface area contributed by atoms with E-state index in [4.69, 9.17) is 0 Å². The number of allylic oxidation sites excluding steroid dienone is 6. The van der Waals surface area contributed by atoms with E-state index in [0.29, 0.717) is 6.54 Å². The minimum absolute atomic E-state index is 0.663. The van der Waals surface area contributed by atoms with Crippen LogP contribution in [0.2, 0.25) is 0 Å². The molecule has 0 amide bonds. The first-order chi connectivity index (χ1) is 18.6. The lowest BCUT2D eigenvalue weighted by Gasteiger charge is -2.13. The number of aryl methyl sites for hydroxylation is 1. The van der Waals surface area contributed by atoms with Crippen LogP contribution in [0.4, 0.5) is 5.82 Å². The molecule has 3 rings (SSSR count). The summed E-state index contributed by atoms with van der Waals surface area (Å²) in [7, 11) is 2.82. The van der Waals surface area contributed by atoms with Gasteiger partial charge in [-0.3, -0.25) is 4.99 Å². The molecule has 0 fully saturated rings. The first kappa shape index (κ1) is 28.9. The first-order valence-corrected chi connectivity index (χ1v) is 13.9. The number of aliphatic imine (C=N–C) groups is 1. The molecule has 1 atom stereocenters. The van der Waals surface area contributed by atoms with Crippen LogP contribution < -0.4 is 10.6 Å². The van der Waals surface area contributed by atoms with Crippen LogP contribution in [0, 0.1) is 6.92 Å². The Morgan fingerprint density at radius 3 is 2.55 bits per heavy atom. The highest BCUT2D eigenvalue weighted by Gasteiger charge is 2.11. The number of nitrogens with one attached hydrogen (secondary N) is 1. The highest BCUT2D eigenvalue weighted by Crippen LogP contribution is 2.24. The molecule has 0 spiro atoms. The van der Waals surface area contributed by atoms with Crippen LogP contribution >= 0.6 is 9.24 Å². The van der Waals surface area contributed by atoms with Crippen molar-refractivity contribution in [1.29, 1.82) is 0 Å². The van der Waals surface area contributed by atoms with Crippen LogP contribution in [0.25, 0.3) is 23.0 Å². The summed E-state index contributed by atoms with van der Waals surface area (Å²) in [6, 6.07) is 14.9. The summed E-state index contributed by atoms with van der Waals surface area (Å²) in [6.45, 7) is 9.04. The van der Waals surface area contributed by atoms with Crippen LogP contribution in [0.5, 0.6) is 0 Å². The Kier molecular flexibility index (Phi) is 11.9. The van der Waals surface area contributed by atoms with Gasteiger partial charge in [0.1, 0.15) is 12.1 Å². The standard InChI is InChI=1S/C33H39N4P/c1-5-8-10-11-13-14-28-22-29(19-16-25(28)4)31-32(38)33(37-24-36-31)35-23-26-17-20-27(21-18-26)30(34-7-3)15-12-9-6-2/h7,9-22,24H,5-6,8,23,38H2,1-4H3,(H,35,36,37)/b11-10+,12-9+,14-13-,30-15-,34-7?. The Balaban J connectivity index is 1.75. The Morgan fingerprint density at radius 2 is 1.82 bits per heavy atom. The van der Waals surface area contributed by atoms with Crippen molar-refractivity contribution in [1.82, 2.24) is 9.97 Å². The molecular formula is C33H39N4P. The van der Waals surface area contributed by atoms with Gasteiger partial charge >= 0.3 is 0 Å². The van der Waals surface area contributed by atoms with Crippen LogP contribution in [0.1, 0.15) is 62.3 Å². The fourth-order valence-electron chi connectivity index (χ4n) is 3.86. The molecule has 1 unspecified atom stereocenters. The van der Waals surface area contributed by atoms with Gasteiger partial charge in [0.15, 0.2) is 0 Å². The summed E-state index contributed by atoms with van der Waals surface area (Å²) in [4.78, 5) is 13.6. The third kappa shape index (κ3) is 8.46. The van der Waals surface area contributed by atoms with E-state index in [2.05, 4.69) is 135 Å². The second kappa shape index (κ2) is 15.6. The van der Waals surface area contributed by atoms with Crippen molar-refractivity contribution < 1.29 is 0 Å². The van der Waals surface area contributed by atoms with E-state index in [0.717, 1.165) is 52.9 Å². The zero-order chi connectivity index (χ0) is 27.2. The second-order valence-corrected chi connectivity index (χ2v) is 9.54. The van der Waals surface area contributed by atoms with Crippen LogP contribution in [-0.2, 0) is 6.54 Å². The minimum atomic E-state index is 0.663. The molecule has 3 aromatic rings. The molecule has 0 aliphatic carbocycles. The van der Waals surface area contributed by atoms with Crippen molar-refractivity contribution in [2.24, 2.45) is 4.99 Å². The van der Waals surface area contributed by atoms with Gasteiger partial charge in [-0.2, -0.15) is 0 Å². The number of unbranched alkanes of at least 4 members (excludes halogenated alkanes) is 1. The van der Waals surface area contributed by atoms with E-state index in [1.54, 1.807) is 6.33 Å². The highest BCUT2D eigenvalue weighted by molar-refractivity contribution is 7.28. The first-order valence-electron chi connectivity index (χ1n) is 13.3. The maximum atomic E-state index is 4.60. The number of benzene rings is 2. The predicted octanol–water partition coefficient (Wildman–Crippen LogP) is 8.33. The van der Waals surface area contributed by atoms with Crippen molar-refractivity contribution in [2.45, 2.75) is 53.5 Å². The molecule has 38 heavy (non-hydrogen) atoms. The smallest absolute Gasteiger partial charge is 0.137 e. The monoisotopic (exact) mass is 522 g/mol. The Morgan fingerprint density at radius 1 is 1.00 bits per heavy atom. The third-order valence-electron chi connectivity index (χ3n) is 6.02. The molecule has 2 aromatic carbocycles. The van der Waals surface area contributed by atoms with Crippen molar-refractivity contribution in [3.63, 3.8) is 0 Å². The molecule has 4 nitrogen and oxygen atoms in total. The molecule has 1 N–H and O–H groups in total. The van der Waals surface area contributed by atoms with E-state index in [1.807, 2.05) is 13.1 Å². The van der Waals surface area contributed by atoms with Crippen LogP contribution in [-0.4, -0.2) is 16.2 Å². The highest BCUT2D eigenvalue weighted by atomic mass is 31.0. The Bertz CT molecular complexity index is 1330. The van der Waals surface area contributed by atoms with Gasteiger partial charge in [0, 0.05) is 29.2 Å². The fourth-order valence-corrected chi connectivity index (χ4v) is 4.28. The molecule has 1 heterocycles. The summed E-state index contributed by atoms with van der Waals surface area (Å²) in [5.74, 6) is 0.810. The number of anilines is 1. The summed E-state index contributed by atoms with van der Waals surface area (Å²) in [6.07, 6.45) is 21.5. The number of aromatic nitrogens is 2. The second-order valence-electron chi connectivity index (χ2n) is 8.96. The van der Waals surface area contributed by atoms with E-state index in [-0.39, 0.29) is 0 Å². The summed E-state index contributed by atoms with van der Waals surface area (Å²) in [5, 5.41) is 4.44. The molecule has 0 saturated heterocycles. The molecular weight excluding hydrogens is 483 g/mol. The van der Waals surface area contributed by atoms with E-state index in [9.17, 15) is 0 Å². The van der Waals surface area contributed by atoms with Gasteiger partial charge < -0.3 is 5.32 Å². The average Bonchev–Trinajstić information content (AvgIpc) is 2.93. The maximum absolute atomic E-state index is 4.60. The van der Waals surface area contributed by atoms with Crippen molar-refractivity contribution >= 4 is 38.3 Å². The number of nitrogens with zero attached hydrogens (tertiary/aromatic N) is 3. The molecule has 0 saturated carbocycles. The molecule has 0 bridgehead atoms. The van der Waals surface area contributed by atoms with Gasteiger partial charge in [0.05, 0.1) is 11.4 Å². The van der Waals surface area contributed by atoms with Crippen molar-refractivity contribution in [2.75, 3.05) is 5.32 Å². The van der Waals surface area contributed by atoms with Gasteiger partial charge in [-0.05, 0) is 55.5 Å². The fraction of sp³-hybridized carbons (Fsp3) is 0.242. The quantitative estimate of drug-likeness (QED) is 0.148. The minimum Gasteiger partial charge on any atom is -0.365 e. The molecule has 0 aliphatic rings. The van der Waals surface area contributed by atoms with E-state index in [1.165, 1.54) is 16.7 Å². The molecule has 0 radical (unpaired) electrons. The lowest BCUT2D eigenvalue weighted by atomic mass is 10.0. The molecule has 1 aromatic heterocycles. The van der Waals surface area contributed by atoms with E-state index < -0.39 is 0 Å². The summed E-state index contributed by atoms with van der Waals surface area (Å²) < 4.78 is 0. The maximum Gasteiger partial charge on any atom is 0.137 e. The van der Waals surface area contributed by atoms with Crippen molar-refractivity contribution in [3.05, 3.63) is 108 Å². The number of hydrogen-bond donors (Lipinski definition) is 1. The molecule has 0 aliphatic heterocycles. The lowest BCUT2D eigenvalue weighted by molar-refractivity contribution is 0.959. The topological polar surface area (TPSA) is 50.2 Å². The molecule has 5 heteroatoms. The lowest BCUT2D eigenvalue weighted by Crippen LogP contribution is -2.12. The summed E-state index contributed by atoms with van der Waals surface area (Å²) >= 11 is 0. The van der Waals surface area contributed by atoms with Gasteiger partial charge in [-0.15, -0.1) is 0 Å². The normalized spacial score (nSPS) is 12.5. The predicted molar refractivity (Wildman–Crippen MR) is 170 cm³/mol. The van der Waals surface area contributed by atoms with Crippen molar-refractivity contribution in [3.8, 4) is 11.3 Å². The Hall–Kier alpha value is -3.62. The van der Waals surface area contributed by atoms with Gasteiger partial charge in [-0.25, -0.2) is 9.97 Å². The zero-order valence-electron chi connectivity index (χ0n) is 23.0. The van der Waals surface area contributed by atoms with Crippen LogP contribution in [0.3, 0.4) is 0 Å². The molecule has 196 valence electrons. The largest absolute Gasteiger partial charge is 0.365 e. The van der Waals surface area contributed by atoms with E-state index >= 15 is 0 Å². The van der Waals surface area contributed by atoms with Gasteiger partial charge in [0.2, 0.25) is 0 Å². The number of rotatable bonds is 12. The Labute approximate surface area is 230 Å². The SMILES string of the molecule is CC=N/C(=C\C=C\CC)c1ccc(CNc2ncnc(-c3ccc(C)c(/C=C\C=C\CCC)c3)c2P)cc1. The third-order valence-corrected chi connectivity index (χ3v) is 6.57. The summed E-state index contributed by atoms with van der Waals surface area (Å²) in [5.41, 5.74) is 7.61. The average molecular weight is 523 g/mol. The zero-order valence-corrected chi connectivity index (χ0v) is 24.1. The number of hydrogen-bond acceptors (Lipinski definition) is 4. The van der Waals surface area contributed by atoms with Gasteiger partial charge in [-0.1, -0.05) is 102 Å². The van der Waals surface area contributed by atoms with Crippen LogP contribution in [0.15, 0.2) is 90.2 Å². The van der Waals surface area contributed by atoms with Gasteiger partial charge in [0.25, 0.3) is 0 Å².